The van der Waals surface area contributed by atoms with Crippen LogP contribution in [0.25, 0.3) is 0 Å². The lowest BCUT2D eigenvalue weighted by Gasteiger charge is -2.18. The summed E-state index contributed by atoms with van der Waals surface area (Å²) in [7, 11) is 3.16. The molecule has 0 radical (unpaired) electrons. The Labute approximate surface area is 137 Å². The molecule has 0 spiro atoms. The van der Waals surface area contributed by atoms with E-state index < -0.39 is 0 Å². The zero-order valence-electron chi connectivity index (χ0n) is 12.6. The van der Waals surface area contributed by atoms with Crippen LogP contribution in [-0.2, 0) is 0 Å². The van der Waals surface area contributed by atoms with E-state index in [1.807, 2.05) is 19.1 Å². The summed E-state index contributed by atoms with van der Waals surface area (Å²) in [5, 5.41) is 2.94. The molecule has 0 saturated carbocycles. The summed E-state index contributed by atoms with van der Waals surface area (Å²) in [5.41, 5.74) is 1.42. The molecule has 5 nitrogen and oxygen atoms in total. The number of hydrogen-bond donors (Lipinski definition) is 1. The van der Waals surface area contributed by atoms with E-state index in [2.05, 4.69) is 26.2 Å². The molecule has 2 aromatic rings. The van der Waals surface area contributed by atoms with Gasteiger partial charge in [-0.1, -0.05) is 15.9 Å². The maximum absolute atomic E-state index is 12.2. The van der Waals surface area contributed by atoms with Crippen molar-refractivity contribution in [2.45, 2.75) is 13.0 Å². The van der Waals surface area contributed by atoms with Gasteiger partial charge in [0.15, 0.2) is 11.5 Å². The van der Waals surface area contributed by atoms with Gasteiger partial charge < -0.3 is 14.8 Å². The van der Waals surface area contributed by atoms with Crippen molar-refractivity contribution >= 4 is 21.8 Å². The molecule has 0 aliphatic rings. The van der Waals surface area contributed by atoms with E-state index in [-0.39, 0.29) is 11.9 Å². The summed E-state index contributed by atoms with van der Waals surface area (Å²) < 4.78 is 11.4. The van der Waals surface area contributed by atoms with Crippen molar-refractivity contribution in [1.29, 1.82) is 0 Å². The van der Waals surface area contributed by atoms with Crippen LogP contribution >= 0.6 is 15.9 Å². The van der Waals surface area contributed by atoms with Crippen LogP contribution in [0.2, 0.25) is 0 Å². The van der Waals surface area contributed by atoms with Crippen LogP contribution in [0, 0.1) is 0 Å². The van der Waals surface area contributed by atoms with Gasteiger partial charge in [-0.25, -0.2) is 0 Å². The second-order valence-corrected chi connectivity index (χ2v) is 5.52. The van der Waals surface area contributed by atoms with E-state index >= 15 is 0 Å². The number of ether oxygens (including phenoxy) is 2. The number of carbonyl (C=O) groups excluding carboxylic acids is 1. The highest BCUT2D eigenvalue weighted by Crippen LogP contribution is 2.35. The van der Waals surface area contributed by atoms with Gasteiger partial charge in [0.1, 0.15) is 0 Å². The summed E-state index contributed by atoms with van der Waals surface area (Å²) in [6.07, 6.45) is 3.16. The zero-order chi connectivity index (χ0) is 16.1. The van der Waals surface area contributed by atoms with Gasteiger partial charge in [0.25, 0.3) is 5.91 Å². The third-order valence-corrected chi connectivity index (χ3v) is 3.93. The fourth-order valence-corrected chi connectivity index (χ4v) is 2.72. The number of methoxy groups -OCH3 is 2. The third-order valence-electron chi connectivity index (χ3n) is 3.24. The smallest absolute Gasteiger partial charge is 0.253 e. The minimum Gasteiger partial charge on any atom is -0.493 e. The summed E-state index contributed by atoms with van der Waals surface area (Å²) in [6, 6.07) is 6.91. The first-order valence-electron chi connectivity index (χ1n) is 6.69. The second-order valence-electron chi connectivity index (χ2n) is 4.67. The van der Waals surface area contributed by atoms with Gasteiger partial charge in [0.05, 0.1) is 25.8 Å². The molecule has 0 aliphatic heterocycles. The van der Waals surface area contributed by atoms with Gasteiger partial charge in [0.2, 0.25) is 0 Å². The molecule has 0 aliphatic carbocycles. The van der Waals surface area contributed by atoms with Crippen LogP contribution in [0.4, 0.5) is 0 Å². The Bertz CT molecular complexity index is 662. The lowest BCUT2D eigenvalue weighted by atomic mass is 10.1. The summed E-state index contributed by atoms with van der Waals surface area (Å²) in [6.45, 7) is 1.90. The van der Waals surface area contributed by atoms with Crippen LogP contribution in [0.5, 0.6) is 11.5 Å². The summed E-state index contributed by atoms with van der Waals surface area (Å²) in [5.74, 6) is 1.06. The molecule has 0 saturated heterocycles. The fourth-order valence-electron chi connectivity index (χ4n) is 2.06. The molecule has 1 aromatic heterocycles. The Morgan fingerprint density at radius 3 is 2.55 bits per heavy atom. The Morgan fingerprint density at radius 1 is 1.27 bits per heavy atom. The van der Waals surface area contributed by atoms with E-state index in [1.165, 1.54) is 6.20 Å². The van der Waals surface area contributed by atoms with Crippen LogP contribution in [0.3, 0.4) is 0 Å². The average molecular weight is 365 g/mol. The van der Waals surface area contributed by atoms with E-state index in [0.29, 0.717) is 17.1 Å². The molecular formula is C16H17BrN2O3. The number of nitrogens with zero attached hydrogens (tertiary/aromatic N) is 1. The highest BCUT2D eigenvalue weighted by molar-refractivity contribution is 9.10. The molecule has 1 atom stereocenters. The molecule has 0 bridgehead atoms. The van der Waals surface area contributed by atoms with Crippen LogP contribution in [0.1, 0.15) is 28.9 Å². The zero-order valence-corrected chi connectivity index (χ0v) is 14.2. The number of benzene rings is 1. The van der Waals surface area contributed by atoms with Crippen molar-refractivity contribution in [3.63, 3.8) is 0 Å². The van der Waals surface area contributed by atoms with Crippen LogP contribution in [-0.4, -0.2) is 25.1 Å². The SMILES string of the molecule is COc1cc(Br)c([C@H](C)NC(=O)c2cccnc2)cc1OC. The molecule has 1 amide bonds. The van der Waals surface area contributed by atoms with Crippen molar-refractivity contribution in [2.75, 3.05) is 14.2 Å². The summed E-state index contributed by atoms with van der Waals surface area (Å²) in [4.78, 5) is 16.1. The maximum atomic E-state index is 12.2. The average Bonchev–Trinajstić information content (AvgIpc) is 2.55. The lowest BCUT2D eigenvalue weighted by Crippen LogP contribution is -2.27. The van der Waals surface area contributed by atoms with Gasteiger partial charge >= 0.3 is 0 Å². The predicted molar refractivity (Wildman–Crippen MR) is 87.4 cm³/mol. The fraction of sp³-hybridized carbons (Fsp3) is 0.250. The van der Waals surface area contributed by atoms with E-state index in [0.717, 1.165) is 10.0 Å². The molecule has 1 aromatic carbocycles. The molecule has 22 heavy (non-hydrogen) atoms. The number of aromatic nitrogens is 1. The molecule has 6 heteroatoms. The topological polar surface area (TPSA) is 60.5 Å². The molecule has 0 unspecified atom stereocenters. The number of carbonyl (C=O) groups is 1. The molecule has 1 heterocycles. The largest absolute Gasteiger partial charge is 0.493 e. The highest BCUT2D eigenvalue weighted by atomic mass is 79.9. The molecule has 2 rings (SSSR count). The number of rotatable bonds is 5. The van der Waals surface area contributed by atoms with Crippen LogP contribution in [0.15, 0.2) is 41.1 Å². The number of nitrogens with one attached hydrogen (secondary N) is 1. The van der Waals surface area contributed by atoms with E-state index in [4.69, 9.17) is 9.47 Å². The Balaban J connectivity index is 2.22. The normalized spacial score (nSPS) is 11.6. The molecule has 116 valence electrons. The first kappa shape index (κ1) is 16.3. The highest BCUT2D eigenvalue weighted by Gasteiger charge is 2.17. The quantitative estimate of drug-likeness (QED) is 0.883. The monoisotopic (exact) mass is 364 g/mol. The standard InChI is InChI=1S/C16H17BrN2O3/c1-10(19-16(20)11-5-4-6-18-9-11)12-7-14(21-2)15(22-3)8-13(12)17/h4-10H,1-3H3,(H,19,20)/t10-/m0/s1. The second kappa shape index (κ2) is 7.26. The molecular weight excluding hydrogens is 348 g/mol. The number of pyridine rings is 1. The van der Waals surface area contributed by atoms with Gasteiger partial charge in [-0.15, -0.1) is 0 Å². The predicted octanol–water partition coefficient (Wildman–Crippen LogP) is 3.35. The number of halogens is 1. The van der Waals surface area contributed by atoms with E-state index in [9.17, 15) is 4.79 Å². The number of hydrogen-bond acceptors (Lipinski definition) is 4. The Morgan fingerprint density at radius 2 is 1.95 bits per heavy atom. The lowest BCUT2D eigenvalue weighted by molar-refractivity contribution is 0.0939. The van der Waals surface area contributed by atoms with Crippen molar-refractivity contribution < 1.29 is 14.3 Å². The molecule has 1 N–H and O–H groups in total. The van der Waals surface area contributed by atoms with Gasteiger partial charge in [-0.05, 0) is 36.8 Å². The first-order valence-corrected chi connectivity index (χ1v) is 7.48. The Kier molecular flexibility index (Phi) is 5.38. The molecule has 0 fully saturated rings. The van der Waals surface area contributed by atoms with Crippen molar-refractivity contribution in [3.8, 4) is 11.5 Å². The Hall–Kier alpha value is -2.08. The summed E-state index contributed by atoms with van der Waals surface area (Å²) >= 11 is 3.50. The van der Waals surface area contributed by atoms with Crippen molar-refractivity contribution in [3.05, 3.63) is 52.3 Å². The van der Waals surface area contributed by atoms with Gasteiger partial charge in [0, 0.05) is 16.9 Å². The van der Waals surface area contributed by atoms with Gasteiger partial charge in [-0.3, -0.25) is 9.78 Å². The minimum atomic E-state index is -0.207. The minimum absolute atomic E-state index is 0.178. The first-order chi connectivity index (χ1) is 10.6. The maximum Gasteiger partial charge on any atom is 0.253 e. The van der Waals surface area contributed by atoms with Crippen LogP contribution < -0.4 is 14.8 Å². The van der Waals surface area contributed by atoms with Crippen molar-refractivity contribution in [1.82, 2.24) is 10.3 Å². The number of amides is 1. The van der Waals surface area contributed by atoms with Gasteiger partial charge in [-0.2, -0.15) is 0 Å². The third kappa shape index (κ3) is 3.57. The van der Waals surface area contributed by atoms with Crippen molar-refractivity contribution in [2.24, 2.45) is 0 Å². The van der Waals surface area contributed by atoms with E-state index in [1.54, 1.807) is 32.5 Å².